The quantitative estimate of drug-likeness (QED) is 0.637. The molecule has 0 bridgehead atoms. The summed E-state index contributed by atoms with van der Waals surface area (Å²) in [5, 5.41) is 3.59. The van der Waals surface area contributed by atoms with Gasteiger partial charge in [0.15, 0.2) is 5.78 Å². The van der Waals surface area contributed by atoms with Gasteiger partial charge in [0, 0.05) is 43.3 Å². The van der Waals surface area contributed by atoms with E-state index in [1.807, 2.05) is 12.1 Å². The first-order chi connectivity index (χ1) is 16.6. The molecular weight excluding hydrogens is 432 g/mol. The van der Waals surface area contributed by atoms with Crippen molar-refractivity contribution in [2.24, 2.45) is 0 Å². The van der Waals surface area contributed by atoms with Crippen LogP contribution in [0.15, 0.2) is 42.5 Å². The molecule has 1 saturated carbocycles. The Hall–Kier alpha value is -3.03. The van der Waals surface area contributed by atoms with E-state index in [1.54, 1.807) is 11.0 Å². The molecule has 2 aromatic carbocycles. The van der Waals surface area contributed by atoms with Crippen LogP contribution in [-0.4, -0.2) is 47.7 Å². The van der Waals surface area contributed by atoms with E-state index in [4.69, 9.17) is 9.47 Å². The molecule has 2 aromatic rings. The number of carbonyl (C=O) groups excluding carboxylic acids is 3. The second-order valence-corrected chi connectivity index (χ2v) is 9.32. The summed E-state index contributed by atoms with van der Waals surface area (Å²) in [7, 11) is 0. The molecule has 1 N–H and O–H groups in total. The highest BCUT2D eigenvalue weighted by atomic mass is 16.5. The van der Waals surface area contributed by atoms with Crippen molar-refractivity contribution in [2.75, 3.05) is 13.2 Å². The van der Waals surface area contributed by atoms with Crippen molar-refractivity contribution < 1.29 is 23.9 Å². The highest BCUT2D eigenvalue weighted by molar-refractivity contribution is 6.07. The maximum Gasteiger partial charge on any atom is 0.255 e. The number of nitrogens with zero attached hydrogens (tertiary/aromatic N) is 1. The number of amides is 1. The van der Waals surface area contributed by atoms with Crippen LogP contribution < -0.4 is 10.1 Å². The van der Waals surface area contributed by atoms with E-state index in [0.29, 0.717) is 43.3 Å². The van der Waals surface area contributed by atoms with Crippen molar-refractivity contribution in [2.45, 2.75) is 63.9 Å². The molecule has 1 amide bonds. The minimum Gasteiger partial charge on any atom is -0.489 e. The molecule has 1 saturated heterocycles. The second kappa shape index (κ2) is 10.1. The molecule has 5 rings (SSSR count). The summed E-state index contributed by atoms with van der Waals surface area (Å²) in [5.74, 6) is 0.304. The average Bonchev–Trinajstić information content (AvgIpc) is 3.19. The molecule has 34 heavy (non-hydrogen) atoms. The molecule has 1 atom stereocenters. The van der Waals surface area contributed by atoms with Crippen molar-refractivity contribution in [1.82, 2.24) is 10.2 Å². The van der Waals surface area contributed by atoms with Crippen LogP contribution in [0.25, 0.3) is 0 Å². The minimum atomic E-state index is -0.521. The van der Waals surface area contributed by atoms with Gasteiger partial charge in [-0.1, -0.05) is 30.3 Å². The Morgan fingerprint density at radius 1 is 0.971 bits per heavy atom. The second-order valence-electron chi connectivity index (χ2n) is 9.32. The summed E-state index contributed by atoms with van der Waals surface area (Å²) < 4.78 is 11.5. The van der Waals surface area contributed by atoms with Gasteiger partial charge in [-0.3, -0.25) is 14.4 Å². The van der Waals surface area contributed by atoms with Gasteiger partial charge < -0.3 is 19.7 Å². The first kappa shape index (κ1) is 22.7. The summed E-state index contributed by atoms with van der Waals surface area (Å²) in [5.41, 5.74) is 3.67. The molecule has 2 aliphatic heterocycles. The number of nitrogens with one attached hydrogen (secondary N) is 1. The normalized spacial score (nSPS) is 21.1. The molecule has 0 aromatic heterocycles. The molecule has 178 valence electrons. The summed E-state index contributed by atoms with van der Waals surface area (Å²) in [6.07, 6.45) is 2.79. The first-order valence-corrected chi connectivity index (χ1v) is 12.1. The number of carbonyl (C=O) groups is 3. The van der Waals surface area contributed by atoms with Crippen molar-refractivity contribution in [1.29, 1.82) is 0 Å². The van der Waals surface area contributed by atoms with E-state index < -0.39 is 6.04 Å². The zero-order valence-electron chi connectivity index (χ0n) is 19.3. The van der Waals surface area contributed by atoms with Crippen LogP contribution in [0.4, 0.5) is 0 Å². The van der Waals surface area contributed by atoms with E-state index in [9.17, 15) is 14.4 Å². The molecule has 2 heterocycles. The van der Waals surface area contributed by atoms with Gasteiger partial charge in [-0.15, -0.1) is 0 Å². The molecule has 2 fully saturated rings. The van der Waals surface area contributed by atoms with Gasteiger partial charge in [0.05, 0.1) is 19.0 Å². The monoisotopic (exact) mass is 462 g/mol. The highest BCUT2D eigenvalue weighted by Gasteiger charge is 2.39. The number of fused-ring (bicyclic) bond motifs is 1. The maximum absolute atomic E-state index is 13.0. The summed E-state index contributed by atoms with van der Waals surface area (Å²) in [6, 6.07) is 13.8. The molecule has 0 radical (unpaired) electrons. The van der Waals surface area contributed by atoms with Crippen LogP contribution >= 0.6 is 0 Å². The van der Waals surface area contributed by atoms with Gasteiger partial charge in [0.1, 0.15) is 18.1 Å². The average molecular weight is 463 g/mol. The third-order valence-corrected chi connectivity index (χ3v) is 7.00. The Morgan fingerprint density at radius 2 is 1.74 bits per heavy atom. The number of rotatable bonds is 7. The van der Waals surface area contributed by atoms with E-state index in [1.165, 1.54) is 5.56 Å². The Kier molecular flexibility index (Phi) is 6.74. The van der Waals surface area contributed by atoms with E-state index in [0.717, 1.165) is 43.7 Å². The largest absolute Gasteiger partial charge is 0.489 e. The van der Waals surface area contributed by atoms with Crippen LogP contribution in [0.3, 0.4) is 0 Å². The Labute approximate surface area is 199 Å². The summed E-state index contributed by atoms with van der Waals surface area (Å²) >= 11 is 0. The maximum atomic E-state index is 13.0. The molecular formula is C27H30N2O5. The van der Waals surface area contributed by atoms with Gasteiger partial charge in [-0.25, -0.2) is 0 Å². The Bertz CT molecular complexity index is 1070. The zero-order chi connectivity index (χ0) is 23.5. The van der Waals surface area contributed by atoms with Crippen molar-refractivity contribution in [3.8, 4) is 5.75 Å². The van der Waals surface area contributed by atoms with Crippen LogP contribution in [0.1, 0.15) is 59.2 Å². The first-order valence-electron chi connectivity index (χ1n) is 12.1. The molecule has 7 heteroatoms. The van der Waals surface area contributed by atoms with E-state index in [2.05, 4.69) is 29.6 Å². The lowest BCUT2D eigenvalue weighted by molar-refractivity contribution is -0.133. The SMILES string of the molecule is O=C1CCC(N2Cc3c(OCc4ccc(CNC5CCOCC5)cc4)cccc3C2=O)C(=O)C1. The van der Waals surface area contributed by atoms with Crippen LogP contribution in [0.2, 0.25) is 0 Å². The lowest BCUT2D eigenvalue weighted by atomic mass is 9.92. The molecule has 3 aliphatic rings. The summed E-state index contributed by atoms with van der Waals surface area (Å²) in [6.45, 7) is 3.23. The van der Waals surface area contributed by atoms with Crippen molar-refractivity contribution >= 4 is 17.5 Å². The van der Waals surface area contributed by atoms with Gasteiger partial charge in [0.25, 0.3) is 5.91 Å². The fourth-order valence-electron chi connectivity index (χ4n) is 4.98. The van der Waals surface area contributed by atoms with Crippen molar-refractivity contribution in [3.05, 3.63) is 64.7 Å². The summed E-state index contributed by atoms with van der Waals surface area (Å²) in [4.78, 5) is 38.6. The fourth-order valence-corrected chi connectivity index (χ4v) is 4.98. The lowest BCUT2D eigenvalue weighted by Gasteiger charge is -2.29. The van der Waals surface area contributed by atoms with Gasteiger partial charge in [-0.05, 0) is 42.5 Å². The Morgan fingerprint density at radius 3 is 2.50 bits per heavy atom. The lowest BCUT2D eigenvalue weighted by Crippen LogP contribution is -2.44. The number of Topliss-reactive ketones (excluding diaryl/α,β-unsaturated/α-hetero) is 2. The fraction of sp³-hybridized carbons (Fsp3) is 0.444. The van der Waals surface area contributed by atoms with Gasteiger partial charge in [-0.2, -0.15) is 0 Å². The van der Waals surface area contributed by atoms with Crippen LogP contribution in [0.5, 0.6) is 5.75 Å². The predicted octanol–water partition coefficient (Wildman–Crippen LogP) is 3.18. The molecule has 1 unspecified atom stereocenters. The minimum absolute atomic E-state index is 0.0418. The standard InChI is InChI=1S/C27H30N2O5/c30-21-8-9-24(25(31)14-21)29-16-23-22(27(29)32)2-1-3-26(23)34-17-19-6-4-18(5-7-19)15-28-20-10-12-33-13-11-20/h1-7,20,24,28H,8-17H2. The van der Waals surface area contributed by atoms with E-state index in [-0.39, 0.29) is 23.9 Å². The topological polar surface area (TPSA) is 84.9 Å². The van der Waals surface area contributed by atoms with Crippen molar-refractivity contribution in [3.63, 3.8) is 0 Å². The van der Waals surface area contributed by atoms with Gasteiger partial charge in [0.2, 0.25) is 0 Å². The number of ether oxygens (including phenoxy) is 2. The third kappa shape index (κ3) is 4.91. The predicted molar refractivity (Wildman–Crippen MR) is 125 cm³/mol. The smallest absolute Gasteiger partial charge is 0.255 e. The number of hydrogen-bond acceptors (Lipinski definition) is 6. The Balaban J connectivity index is 1.19. The van der Waals surface area contributed by atoms with Gasteiger partial charge >= 0.3 is 0 Å². The molecule has 1 aliphatic carbocycles. The van der Waals surface area contributed by atoms with E-state index >= 15 is 0 Å². The molecule has 0 spiro atoms. The number of hydrogen-bond donors (Lipinski definition) is 1. The number of benzene rings is 2. The van der Waals surface area contributed by atoms with Crippen LogP contribution in [-0.2, 0) is 34.0 Å². The zero-order valence-corrected chi connectivity index (χ0v) is 19.3. The van der Waals surface area contributed by atoms with Crippen LogP contribution in [0, 0.1) is 0 Å². The molecule has 7 nitrogen and oxygen atoms in total. The highest BCUT2D eigenvalue weighted by Crippen LogP contribution is 2.34. The number of ketones is 2. The third-order valence-electron chi connectivity index (χ3n) is 7.00.